The lowest BCUT2D eigenvalue weighted by molar-refractivity contribution is -0.384. The van der Waals surface area contributed by atoms with Crippen molar-refractivity contribution in [3.8, 4) is 0 Å². The maximum absolute atomic E-state index is 11.0. The lowest BCUT2D eigenvalue weighted by atomic mass is 10.0. The maximum Gasteiger partial charge on any atom is 0.407 e. The van der Waals surface area contributed by atoms with Crippen LogP contribution in [-0.2, 0) is 0 Å². The average molecular weight is 279 g/mol. The van der Waals surface area contributed by atoms with E-state index in [1.165, 1.54) is 11.0 Å². The number of nitro groups is 1. The van der Waals surface area contributed by atoms with E-state index in [0.29, 0.717) is 31.6 Å². The Morgan fingerprint density at radius 2 is 2.10 bits per heavy atom. The molecule has 0 atom stereocenters. The molecule has 0 aromatic heterocycles. The zero-order valence-electron chi connectivity index (χ0n) is 11.2. The van der Waals surface area contributed by atoms with Crippen LogP contribution in [0.15, 0.2) is 18.2 Å². The molecule has 0 bridgehead atoms. The molecule has 2 N–H and O–H groups in total. The maximum atomic E-state index is 11.0. The third-order valence-electron chi connectivity index (χ3n) is 3.48. The van der Waals surface area contributed by atoms with E-state index < -0.39 is 11.0 Å². The molecule has 108 valence electrons. The van der Waals surface area contributed by atoms with Gasteiger partial charge in [0.25, 0.3) is 5.69 Å². The fourth-order valence-corrected chi connectivity index (χ4v) is 2.35. The van der Waals surface area contributed by atoms with Gasteiger partial charge < -0.3 is 15.3 Å². The number of anilines is 1. The van der Waals surface area contributed by atoms with Gasteiger partial charge in [0, 0.05) is 25.2 Å². The van der Waals surface area contributed by atoms with Crippen molar-refractivity contribution in [3.05, 3.63) is 33.9 Å². The van der Waals surface area contributed by atoms with E-state index >= 15 is 0 Å². The predicted molar refractivity (Wildman–Crippen MR) is 74.1 cm³/mol. The number of aryl methyl sites for hydroxylation is 1. The molecule has 1 aromatic rings. The quantitative estimate of drug-likeness (QED) is 0.654. The zero-order valence-corrected chi connectivity index (χ0v) is 11.2. The number of rotatable bonds is 3. The van der Waals surface area contributed by atoms with Gasteiger partial charge in [0.05, 0.1) is 4.92 Å². The Hall–Kier alpha value is -2.31. The van der Waals surface area contributed by atoms with E-state index in [1.807, 2.05) is 13.0 Å². The number of carbonyl (C=O) groups is 1. The van der Waals surface area contributed by atoms with E-state index in [-0.39, 0.29) is 11.7 Å². The molecule has 1 saturated heterocycles. The molecule has 1 aliphatic heterocycles. The molecule has 20 heavy (non-hydrogen) atoms. The molecule has 1 amide bonds. The van der Waals surface area contributed by atoms with Crippen molar-refractivity contribution >= 4 is 17.5 Å². The summed E-state index contributed by atoms with van der Waals surface area (Å²) in [5, 5.41) is 23.1. The van der Waals surface area contributed by atoms with Gasteiger partial charge in [-0.25, -0.2) is 4.79 Å². The molecule has 2 rings (SSSR count). The summed E-state index contributed by atoms with van der Waals surface area (Å²) in [4.78, 5) is 22.8. The van der Waals surface area contributed by atoms with Crippen LogP contribution in [0.3, 0.4) is 0 Å². The summed E-state index contributed by atoms with van der Waals surface area (Å²) in [6, 6.07) is 5.13. The molecule has 0 radical (unpaired) electrons. The van der Waals surface area contributed by atoms with Crippen LogP contribution in [0, 0.1) is 17.0 Å². The Kier molecular flexibility index (Phi) is 4.07. The molecule has 1 aromatic carbocycles. The van der Waals surface area contributed by atoms with Crippen molar-refractivity contribution in [2.75, 3.05) is 18.4 Å². The molecule has 7 nitrogen and oxygen atoms in total. The number of nitro benzene ring substituents is 1. The second kappa shape index (κ2) is 5.77. The number of nitrogens with zero attached hydrogens (tertiary/aromatic N) is 2. The monoisotopic (exact) mass is 279 g/mol. The van der Waals surface area contributed by atoms with Crippen molar-refractivity contribution < 1.29 is 14.8 Å². The summed E-state index contributed by atoms with van der Waals surface area (Å²) in [7, 11) is 0. The first-order valence-corrected chi connectivity index (χ1v) is 6.47. The highest BCUT2D eigenvalue weighted by Gasteiger charge is 2.24. The summed E-state index contributed by atoms with van der Waals surface area (Å²) in [5.41, 5.74) is 1.39. The average Bonchev–Trinajstić information content (AvgIpc) is 2.41. The second-order valence-corrected chi connectivity index (χ2v) is 4.97. The number of benzene rings is 1. The molecule has 0 spiro atoms. The van der Waals surface area contributed by atoms with Crippen molar-refractivity contribution in [3.63, 3.8) is 0 Å². The minimum Gasteiger partial charge on any atom is -0.465 e. The van der Waals surface area contributed by atoms with Crippen LogP contribution in [0.5, 0.6) is 0 Å². The smallest absolute Gasteiger partial charge is 0.407 e. The SMILES string of the molecule is Cc1ccc(NC2CCN(C(=O)O)CC2)c([N+](=O)[O-])c1. The van der Waals surface area contributed by atoms with Gasteiger partial charge in [-0.3, -0.25) is 10.1 Å². The van der Waals surface area contributed by atoms with Crippen LogP contribution in [0.1, 0.15) is 18.4 Å². The van der Waals surface area contributed by atoms with Gasteiger partial charge in [-0.15, -0.1) is 0 Å². The Balaban J connectivity index is 2.04. The highest BCUT2D eigenvalue weighted by Crippen LogP contribution is 2.27. The van der Waals surface area contributed by atoms with Gasteiger partial charge >= 0.3 is 6.09 Å². The molecule has 0 saturated carbocycles. The van der Waals surface area contributed by atoms with E-state index in [0.717, 1.165) is 5.56 Å². The molecule has 1 heterocycles. The standard InChI is InChI=1S/C13H17N3O4/c1-9-2-3-11(12(8-9)16(19)20)14-10-4-6-15(7-5-10)13(17)18/h2-3,8,10,14H,4-7H2,1H3,(H,17,18). The van der Waals surface area contributed by atoms with Crippen LogP contribution < -0.4 is 5.32 Å². The first-order valence-electron chi connectivity index (χ1n) is 6.47. The molecule has 1 fully saturated rings. The highest BCUT2D eigenvalue weighted by molar-refractivity contribution is 5.65. The highest BCUT2D eigenvalue weighted by atomic mass is 16.6. The lowest BCUT2D eigenvalue weighted by Gasteiger charge is -2.30. The number of carboxylic acid groups (broad SMARTS) is 1. The second-order valence-electron chi connectivity index (χ2n) is 4.97. The fourth-order valence-electron chi connectivity index (χ4n) is 2.35. The van der Waals surface area contributed by atoms with Gasteiger partial charge in [0.2, 0.25) is 0 Å². The number of piperidine rings is 1. The van der Waals surface area contributed by atoms with E-state index in [4.69, 9.17) is 5.11 Å². The third kappa shape index (κ3) is 3.17. The van der Waals surface area contributed by atoms with Crippen LogP contribution in [0.2, 0.25) is 0 Å². The number of nitrogens with one attached hydrogen (secondary N) is 1. The van der Waals surface area contributed by atoms with Crippen LogP contribution in [-0.4, -0.2) is 40.2 Å². The number of amides is 1. The van der Waals surface area contributed by atoms with E-state index in [1.54, 1.807) is 6.07 Å². The van der Waals surface area contributed by atoms with Crippen molar-refractivity contribution in [2.45, 2.75) is 25.8 Å². The Morgan fingerprint density at radius 1 is 1.45 bits per heavy atom. The van der Waals surface area contributed by atoms with Crippen LogP contribution in [0.25, 0.3) is 0 Å². The lowest BCUT2D eigenvalue weighted by Crippen LogP contribution is -2.41. The number of hydrogen-bond donors (Lipinski definition) is 2. The summed E-state index contributed by atoms with van der Waals surface area (Å²) < 4.78 is 0. The molecule has 0 aliphatic carbocycles. The minimum atomic E-state index is -0.912. The number of likely N-dealkylation sites (tertiary alicyclic amines) is 1. The van der Waals surface area contributed by atoms with Crippen molar-refractivity contribution in [2.24, 2.45) is 0 Å². The van der Waals surface area contributed by atoms with Gasteiger partial charge in [-0.1, -0.05) is 6.07 Å². The van der Waals surface area contributed by atoms with Gasteiger partial charge in [-0.05, 0) is 31.4 Å². The van der Waals surface area contributed by atoms with Gasteiger partial charge in [0.1, 0.15) is 5.69 Å². The number of hydrogen-bond acceptors (Lipinski definition) is 4. The first-order chi connectivity index (χ1) is 9.47. The van der Waals surface area contributed by atoms with E-state index in [2.05, 4.69) is 5.32 Å². The van der Waals surface area contributed by atoms with Crippen molar-refractivity contribution in [1.82, 2.24) is 4.90 Å². The Bertz CT molecular complexity index is 524. The molecule has 0 unspecified atom stereocenters. The largest absolute Gasteiger partial charge is 0.465 e. The molecule has 1 aliphatic rings. The molecule has 7 heteroatoms. The van der Waals surface area contributed by atoms with Crippen molar-refractivity contribution in [1.29, 1.82) is 0 Å². The van der Waals surface area contributed by atoms with E-state index in [9.17, 15) is 14.9 Å². The van der Waals surface area contributed by atoms with Crippen LogP contribution >= 0.6 is 0 Å². The summed E-state index contributed by atoms with van der Waals surface area (Å²) >= 11 is 0. The normalized spacial score (nSPS) is 15.9. The summed E-state index contributed by atoms with van der Waals surface area (Å²) in [5.74, 6) is 0. The Morgan fingerprint density at radius 3 is 2.65 bits per heavy atom. The Labute approximate surface area is 116 Å². The fraction of sp³-hybridized carbons (Fsp3) is 0.462. The van der Waals surface area contributed by atoms with Gasteiger partial charge in [-0.2, -0.15) is 0 Å². The predicted octanol–water partition coefficient (Wildman–Crippen LogP) is 2.46. The third-order valence-corrected chi connectivity index (χ3v) is 3.48. The molecular weight excluding hydrogens is 262 g/mol. The molecular formula is C13H17N3O4. The first kappa shape index (κ1) is 14.1. The van der Waals surface area contributed by atoms with Crippen LogP contribution in [0.4, 0.5) is 16.2 Å². The topological polar surface area (TPSA) is 95.7 Å². The summed E-state index contributed by atoms with van der Waals surface area (Å²) in [6.45, 7) is 2.71. The summed E-state index contributed by atoms with van der Waals surface area (Å²) in [6.07, 6.45) is 0.388. The van der Waals surface area contributed by atoms with Gasteiger partial charge in [0.15, 0.2) is 0 Å². The minimum absolute atomic E-state index is 0.0608. The zero-order chi connectivity index (χ0) is 14.7.